The molecule has 1 aromatic heterocycles. The van der Waals surface area contributed by atoms with Gasteiger partial charge in [0.1, 0.15) is 17.3 Å². The molecule has 9 heteroatoms. The summed E-state index contributed by atoms with van der Waals surface area (Å²) in [5.74, 6) is -0.645. The predicted molar refractivity (Wildman–Crippen MR) is 119 cm³/mol. The average Bonchev–Trinajstić information content (AvgIpc) is 2.76. The third kappa shape index (κ3) is 4.69. The summed E-state index contributed by atoms with van der Waals surface area (Å²) in [4.78, 5) is 29.4. The lowest BCUT2D eigenvalue weighted by atomic mass is 9.56. The Morgan fingerprint density at radius 2 is 1.91 bits per heavy atom. The quantitative estimate of drug-likeness (QED) is 0.636. The Balaban J connectivity index is 1.34. The second-order valence-electron chi connectivity index (χ2n) is 8.77. The van der Waals surface area contributed by atoms with Gasteiger partial charge in [-0.3, -0.25) is 9.59 Å². The average molecular weight is 480 g/mol. The molecule has 170 valence electrons. The molecule has 2 aromatic rings. The van der Waals surface area contributed by atoms with E-state index in [0.717, 1.165) is 38.2 Å². The van der Waals surface area contributed by atoms with Crippen LogP contribution < -0.4 is 15.4 Å². The van der Waals surface area contributed by atoms with Crippen LogP contribution in [-0.4, -0.2) is 34.5 Å². The van der Waals surface area contributed by atoms with E-state index in [0.29, 0.717) is 10.7 Å². The van der Waals surface area contributed by atoms with Crippen molar-refractivity contribution >= 4 is 35.0 Å². The molecule has 3 fully saturated rings. The number of benzene rings is 1. The van der Waals surface area contributed by atoms with Crippen LogP contribution in [0, 0.1) is 11.7 Å². The van der Waals surface area contributed by atoms with E-state index < -0.39 is 5.82 Å². The van der Waals surface area contributed by atoms with Gasteiger partial charge in [-0.2, -0.15) is 0 Å². The van der Waals surface area contributed by atoms with Gasteiger partial charge in [0, 0.05) is 23.3 Å². The van der Waals surface area contributed by atoms with Gasteiger partial charge in [0.15, 0.2) is 6.61 Å². The first-order valence-electron chi connectivity index (χ1n) is 10.5. The summed E-state index contributed by atoms with van der Waals surface area (Å²) in [5, 5.41) is 6.82. The van der Waals surface area contributed by atoms with Crippen LogP contribution in [0.2, 0.25) is 10.0 Å². The Hall–Kier alpha value is -2.38. The molecule has 1 heterocycles. The number of nitrogens with zero attached hydrogens (tertiary/aromatic N) is 1. The number of halogens is 3. The van der Waals surface area contributed by atoms with E-state index in [1.54, 1.807) is 12.1 Å². The molecule has 6 nitrogen and oxygen atoms in total. The summed E-state index contributed by atoms with van der Waals surface area (Å²) >= 11 is 11.5. The first-order valence-corrected chi connectivity index (χ1v) is 11.3. The van der Waals surface area contributed by atoms with Gasteiger partial charge in [-0.15, -0.1) is 0 Å². The largest absolute Gasteiger partial charge is 0.484 e. The summed E-state index contributed by atoms with van der Waals surface area (Å²) in [5.41, 5.74) is -0.305. The molecular weight excluding hydrogens is 456 g/mol. The molecule has 0 spiro atoms. The summed E-state index contributed by atoms with van der Waals surface area (Å²) < 4.78 is 19.0. The van der Waals surface area contributed by atoms with E-state index in [1.165, 1.54) is 18.3 Å². The predicted octanol–water partition coefficient (Wildman–Crippen LogP) is 4.54. The van der Waals surface area contributed by atoms with E-state index >= 15 is 0 Å². The zero-order valence-electron chi connectivity index (χ0n) is 17.6. The molecule has 1 atom stereocenters. The Morgan fingerprint density at radius 1 is 1.16 bits per heavy atom. The fourth-order valence-electron chi connectivity index (χ4n) is 4.92. The van der Waals surface area contributed by atoms with E-state index in [1.807, 2.05) is 0 Å². The maximum atomic E-state index is 13.5. The molecule has 2 amide bonds. The van der Waals surface area contributed by atoms with Crippen molar-refractivity contribution in [2.75, 3.05) is 6.61 Å². The van der Waals surface area contributed by atoms with E-state index in [-0.39, 0.29) is 46.2 Å². The van der Waals surface area contributed by atoms with Gasteiger partial charge >= 0.3 is 0 Å². The zero-order chi connectivity index (χ0) is 22.9. The van der Waals surface area contributed by atoms with Crippen LogP contribution in [0.15, 0.2) is 36.5 Å². The van der Waals surface area contributed by atoms with Crippen LogP contribution in [0.4, 0.5) is 4.39 Å². The van der Waals surface area contributed by atoms with Crippen molar-refractivity contribution in [1.29, 1.82) is 0 Å². The van der Waals surface area contributed by atoms with Crippen molar-refractivity contribution in [2.24, 2.45) is 5.92 Å². The van der Waals surface area contributed by atoms with Crippen LogP contribution in [0.1, 0.15) is 49.5 Å². The Kier molecular flexibility index (Phi) is 6.32. The van der Waals surface area contributed by atoms with Crippen LogP contribution in [-0.2, 0) is 4.79 Å². The molecule has 2 N–H and O–H groups in total. The molecule has 32 heavy (non-hydrogen) atoms. The fourth-order valence-corrected chi connectivity index (χ4v) is 5.15. The molecular formula is C23H24Cl2FN3O3. The van der Waals surface area contributed by atoms with Crippen molar-refractivity contribution in [3.8, 4) is 5.75 Å². The van der Waals surface area contributed by atoms with Gasteiger partial charge in [-0.1, -0.05) is 30.1 Å². The van der Waals surface area contributed by atoms with Crippen molar-refractivity contribution in [1.82, 2.24) is 15.6 Å². The summed E-state index contributed by atoms with van der Waals surface area (Å²) in [6.07, 6.45) is 5.25. The van der Waals surface area contributed by atoms with Crippen molar-refractivity contribution in [2.45, 2.75) is 50.1 Å². The Labute approximate surface area is 195 Å². The third-order valence-corrected chi connectivity index (χ3v) is 7.26. The first-order chi connectivity index (χ1) is 15.2. The minimum atomic E-state index is -0.594. The van der Waals surface area contributed by atoms with Crippen LogP contribution in [0.25, 0.3) is 0 Å². The SMILES string of the molecule is C[C@H]1CC2(NC(=O)c3ccc(Cl)cn3)CCC1(NC(=O)COc1ccc(Cl)c(F)c1)CC2. The lowest BCUT2D eigenvalue weighted by molar-refractivity contribution is -0.128. The molecule has 3 aliphatic rings. The van der Waals surface area contributed by atoms with Gasteiger partial charge in [0.2, 0.25) is 0 Å². The highest BCUT2D eigenvalue weighted by Crippen LogP contribution is 2.50. The van der Waals surface area contributed by atoms with Crippen molar-refractivity contribution in [3.63, 3.8) is 0 Å². The molecule has 3 saturated carbocycles. The highest BCUT2D eigenvalue weighted by atomic mass is 35.5. The summed E-state index contributed by atoms with van der Waals surface area (Å²) in [6.45, 7) is 1.88. The first kappa shape index (κ1) is 22.8. The number of nitrogens with one attached hydrogen (secondary N) is 2. The number of fused-ring (bicyclic) bond motifs is 3. The Bertz CT molecular complexity index is 1020. The second kappa shape index (κ2) is 8.87. The molecule has 3 aliphatic carbocycles. The van der Waals surface area contributed by atoms with Crippen LogP contribution in [0.3, 0.4) is 0 Å². The molecule has 5 rings (SSSR count). The lowest BCUT2D eigenvalue weighted by Crippen LogP contribution is -2.67. The number of ether oxygens (including phenoxy) is 1. The van der Waals surface area contributed by atoms with Crippen molar-refractivity contribution in [3.05, 3.63) is 58.1 Å². The molecule has 0 saturated heterocycles. The highest BCUT2D eigenvalue weighted by molar-refractivity contribution is 6.30. The summed E-state index contributed by atoms with van der Waals surface area (Å²) in [7, 11) is 0. The minimum absolute atomic E-state index is 0.00124. The van der Waals surface area contributed by atoms with Gasteiger partial charge in [-0.25, -0.2) is 9.37 Å². The topological polar surface area (TPSA) is 80.3 Å². The van der Waals surface area contributed by atoms with Gasteiger partial charge in [-0.05, 0) is 62.3 Å². The van der Waals surface area contributed by atoms with Crippen LogP contribution >= 0.6 is 23.2 Å². The number of carbonyl (C=O) groups excluding carboxylic acids is 2. The second-order valence-corrected chi connectivity index (χ2v) is 9.61. The number of pyridine rings is 1. The molecule has 2 bridgehead atoms. The highest BCUT2D eigenvalue weighted by Gasteiger charge is 2.54. The Morgan fingerprint density at radius 3 is 2.53 bits per heavy atom. The van der Waals surface area contributed by atoms with E-state index in [2.05, 4.69) is 22.5 Å². The van der Waals surface area contributed by atoms with E-state index in [9.17, 15) is 14.0 Å². The standard InChI is InChI=1S/C23H24Cl2FN3O3/c1-14-11-22(29-21(31)19-5-2-15(24)12-27-19)6-8-23(14,9-7-22)28-20(30)13-32-16-3-4-17(25)18(26)10-16/h2-5,10,12,14H,6-9,11,13H2,1H3,(H,28,30)(H,29,31)/t14-,22?,23?/m0/s1. The number of rotatable bonds is 6. The third-order valence-electron chi connectivity index (χ3n) is 6.73. The van der Waals surface area contributed by atoms with Crippen molar-refractivity contribution < 1.29 is 18.7 Å². The van der Waals surface area contributed by atoms with Crippen LogP contribution in [0.5, 0.6) is 5.75 Å². The molecule has 1 aromatic carbocycles. The van der Waals surface area contributed by atoms with E-state index in [4.69, 9.17) is 27.9 Å². The molecule has 0 radical (unpaired) electrons. The number of amides is 2. The maximum Gasteiger partial charge on any atom is 0.270 e. The number of carbonyl (C=O) groups is 2. The van der Waals surface area contributed by atoms with Gasteiger partial charge in [0.25, 0.3) is 11.8 Å². The number of hydrogen-bond donors (Lipinski definition) is 2. The smallest absolute Gasteiger partial charge is 0.270 e. The molecule has 0 aliphatic heterocycles. The number of aromatic nitrogens is 1. The maximum absolute atomic E-state index is 13.5. The van der Waals surface area contributed by atoms with Gasteiger partial charge < -0.3 is 15.4 Å². The number of hydrogen-bond acceptors (Lipinski definition) is 4. The normalized spacial score (nSPS) is 26.4. The molecule has 0 unspecified atom stereocenters. The fraction of sp³-hybridized carbons (Fsp3) is 0.435. The lowest BCUT2D eigenvalue weighted by Gasteiger charge is -2.57. The zero-order valence-corrected chi connectivity index (χ0v) is 19.1. The monoisotopic (exact) mass is 479 g/mol. The minimum Gasteiger partial charge on any atom is -0.484 e. The summed E-state index contributed by atoms with van der Waals surface area (Å²) in [6, 6.07) is 7.32. The van der Waals surface area contributed by atoms with Gasteiger partial charge in [0.05, 0.1) is 10.0 Å².